The minimum absolute atomic E-state index is 0.102. The summed E-state index contributed by atoms with van der Waals surface area (Å²) in [7, 11) is 0. The summed E-state index contributed by atoms with van der Waals surface area (Å²) in [5.41, 5.74) is 0.634. The van der Waals surface area contributed by atoms with E-state index in [0.717, 1.165) is 0 Å². The molecule has 0 aromatic heterocycles. The molecule has 2 rings (SSSR count). The fraction of sp³-hybridized carbons (Fsp3) is 0.0769. The molecule has 0 heterocycles. The van der Waals surface area contributed by atoms with Crippen molar-refractivity contribution in [1.82, 2.24) is 0 Å². The van der Waals surface area contributed by atoms with Crippen molar-refractivity contribution in [3.05, 3.63) is 58.8 Å². The minimum Gasteiger partial charge on any atom is -0.484 e. The van der Waals surface area contributed by atoms with Crippen LogP contribution in [0.5, 0.6) is 0 Å². The molecule has 0 saturated heterocycles. The van der Waals surface area contributed by atoms with E-state index in [1.165, 1.54) is 6.08 Å². The van der Waals surface area contributed by atoms with Crippen molar-refractivity contribution in [3.8, 4) is 0 Å². The predicted molar refractivity (Wildman–Crippen MR) is 64.1 cm³/mol. The topological polar surface area (TPSA) is 43.4 Å². The summed E-state index contributed by atoms with van der Waals surface area (Å²) in [5, 5.41) is -0.171. The van der Waals surface area contributed by atoms with Gasteiger partial charge in [0.1, 0.15) is 11.6 Å². The number of ether oxygens (including phenoxy) is 1. The van der Waals surface area contributed by atoms with Gasteiger partial charge in [0.2, 0.25) is 11.6 Å². The van der Waals surface area contributed by atoms with Gasteiger partial charge in [-0.3, -0.25) is 9.59 Å². The Balaban J connectivity index is 2.50. The van der Waals surface area contributed by atoms with Crippen molar-refractivity contribution in [2.75, 3.05) is 6.61 Å². The molecule has 1 aliphatic carbocycles. The highest BCUT2D eigenvalue weighted by Gasteiger charge is 2.32. The molecule has 0 N–H and O–H groups in total. The number of rotatable bonds is 3. The molecular formula is C13H9ClO3. The van der Waals surface area contributed by atoms with Crippen molar-refractivity contribution in [3.63, 3.8) is 0 Å². The van der Waals surface area contributed by atoms with Crippen LogP contribution >= 0.6 is 11.6 Å². The molecular weight excluding hydrogens is 240 g/mol. The molecule has 0 unspecified atom stereocenters. The first-order valence-corrected chi connectivity index (χ1v) is 5.36. The van der Waals surface area contributed by atoms with Crippen molar-refractivity contribution in [1.29, 1.82) is 0 Å². The van der Waals surface area contributed by atoms with Crippen LogP contribution in [0.2, 0.25) is 0 Å². The van der Waals surface area contributed by atoms with Crippen molar-refractivity contribution in [2.24, 2.45) is 0 Å². The number of allylic oxidation sites excluding steroid dienone is 2. The van der Waals surface area contributed by atoms with Crippen LogP contribution in [0.1, 0.15) is 20.7 Å². The van der Waals surface area contributed by atoms with Gasteiger partial charge in [0.15, 0.2) is 5.76 Å². The van der Waals surface area contributed by atoms with E-state index in [2.05, 4.69) is 6.58 Å². The summed E-state index contributed by atoms with van der Waals surface area (Å²) in [4.78, 5) is 23.9. The van der Waals surface area contributed by atoms with E-state index in [-0.39, 0.29) is 29.0 Å². The molecule has 0 spiro atoms. The lowest BCUT2D eigenvalue weighted by Gasteiger charge is -2.17. The lowest BCUT2D eigenvalue weighted by molar-refractivity contribution is 0.0896. The maximum absolute atomic E-state index is 12.0. The Labute approximate surface area is 103 Å². The second-order valence-electron chi connectivity index (χ2n) is 3.45. The Morgan fingerprint density at radius 1 is 1.18 bits per heavy atom. The van der Waals surface area contributed by atoms with Crippen LogP contribution in [-0.2, 0) is 4.74 Å². The zero-order valence-corrected chi connectivity index (χ0v) is 9.66. The average molecular weight is 249 g/mol. The molecule has 0 bridgehead atoms. The third-order valence-electron chi connectivity index (χ3n) is 2.37. The Hall–Kier alpha value is -1.87. The Bertz CT molecular complexity index is 543. The highest BCUT2D eigenvalue weighted by atomic mass is 35.5. The first-order valence-electron chi connectivity index (χ1n) is 4.98. The van der Waals surface area contributed by atoms with Gasteiger partial charge in [0, 0.05) is 11.1 Å². The molecule has 3 nitrogen and oxygen atoms in total. The lowest BCUT2D eigenvalue weighted by Crippen LogP contribution is -2.21. The molecule has 0 saturated carbocycles. The highest BCUT2D eigenvalue weighted by molar-refractivity contribution is 6.49. The first-order chi connectivity index (χ1) is 8.16. The molecule has 17 heavy (non-hydrogen) atoms. The minimum atomic E-state index is -0.388. The fourth-order valence-corrected chi connectivity index (χ4v) is 1.84. The van der Waals surface area contributed by atoms with E-state index in [1.807, 2.05) is 0 Å². The predicted octanol–water partition coefficient (Wildman–Crippen LogP) is 2.72. The van der Waals surface area contributed by atoms with Crippen LogP contribution in [0, 0.1) is 0 Å². The normalized spacial score (nSPS) is 14.6. The summed E-state index contributed by atoms with van der Waals surface area (Å²) in [6.45, 7) is 3.60. The second kappa shape index (κ2) is 4.55. The van der Waals surface area contributed by atoms with Crippen molar-refractivity contribution in [2.45, 2.75) is 0 Å². The van der Waals surface area contributed by atoms with Gasteiger partial charge >= 0.3 is 0 Å². The van der Waals surface area contributed by atoms with E-state index < -0.39 is 0 Å². The largest absolute Gasteiger partial charge is 0.484 e. The number of ketones is 2. The van der Waals surface area contributed by atoms with Gasteiger partial charge in [-0.05, 0) is 0 Å². The Morgan fingerprint density at radius 2 is 1.76 bits per heavy atom. The van der Waals surface area contributed by atoms with Gasteiger partial charge in [0.25, 0.3) is 0 Å². The van der Waals surface area contributed by atoms with Crippen molar-refractivity contribution >= 4 is 23.2 Å². The second-order valence-corrected chi connectivity index (χ2v) is 3.82. The highest BCUT2D eigenvalue weighted by Crippen LogP contribution is 2.28. The van der Waals surface area contributed by atoms with Crippen LogP contribution in [-0.4, -0.2) is 18.2 Å². The van der Waals surface area contributed by atoms with Gasteiger partial charge in [-0.25, -0.2) is 0 Å². The maximum atomic E-state index is 12.0. The summed E-state index contributed by atoms with van der Waals surface area (Å²) in [5.74, 6) is -0.858. The Morgan fingerprint density at radius 3 is 2.35 bits per heavy atom. The zero-order valence-electron chi connectivity index (χ0n) is 8.90. The van der Waals surface area contributed by atoms with Gasteiger partial charge in [-0.15, -0.1) is 0 Å². The third-order valence-corrected chi connectivity index (χ3v) is 2.71. The molecule has 86 valence electrons. The number of hydrogen-bond donors (Lipinski definition) is 0. The quantitative estimate of drug-likeness (QED) is 0.773. The monoisotopic (exact) mass is 248 g/mol. The molecule has 1 aromatic carbocycles. The van der Waals surface area contributed by atoms with Crippen LogP contribution in [0.3, 0.4) is 0 Å². The number of carbonyl (C=O) groups is 2. The smallest absolute Gasteiger partial charge is 0.230 e. The van der Waals surface area contributed by atoms with Crippen LogP contribution in [0.25, 0.3) is 0 Å². The average Bonchev–Trinajstić information content (AvgIpc) is 2.36. The maximum Gasteiger partial charge on any atom is 0.230 e. The summed E-state index contributed by atoms with van der Waals surface area (Å²) in [6, 6.07) is 6.52. The number of benzene rings is 1. The molecule has 1 aromatic rings. The van der Waals surface area contributed by atoms with E-state index in [0.29, 0.717) is 11.1 Å². The number of hydrogen-bond acceptors (Lipinski definition) is 3. The van der Waals surface area contributed by atoms with E-state index in [4.69, 9.17) is 16.3 Å². The fourth-order valence-electron chi connectivity index (χ4n) is 1.59. The molecule has 0 aliphatic heterocycles. The van der Waals surface area contributed by atoms with Gasteiger partial charge in [-0.2, -0.15) is 0 Å². The van der Waals surface area contributed by atoms with E-state index in [1.54, 1.807) is 24.3 Å². The van der Waals surface area contributed by atoms with Gasteiger partial charge in [-0.1, -0.05) is 48.5 Å². The van der Waals surface area contributed by atoms with E-state index in [9.17, 15) is 9.59 Å². The number of halogens is 1. The number of fused-ring (bicyclic) bond motifs is 1. The third kappa shape index (κ3) is 1.89. The summed E-state index contributed by atoms with van der Waals surface area (Å²) >= 11 is 5.84. The van der Waals surface area contributed by atoms with Gasteiger partial charge in [0.05, 0.1) is 0 Å². The lowest BCUT2D eigenvalue weighted by atomic mass is 9.93. The SMILES string of the molecule is C=CCOC1=C(Cl)C(=O)c2ccccc2C1=O. The van der Waals surface area contributed by atoms with Gasteiger partial charge < -0.3 is 4.74 Å². The zero-order chi connectivity index (χ0) is 12.4. The first kappa shape index (κ1) is 11.6. The van der Waals surface area contributed by atoms with Crippen LogP contribution < -0.4 is 0 Å². The molecule has 0 amide bonds. The van der Waals surface area contributed by atoms with E-state index >= 15 is 0 Å². The molecule has 4 heteroatoms. The number of Topliss-reactive ketones (excluding diaryl/α,β-unsaturated/α-hetero) is 2. The molecule has 0 fully saturated rings. The van der Waals surface area contributed by atoms with Crippen LogP contribution in [0.4, 0.5) is 0 Å². The number of carbonyl (C=O) groups excluding carboxylic acids is 2. The molecule has 0 radical (unpaired) electrons. The summed E-state index contributed by atoms with van der Waals surface area (Å²) < 4.78 is 5.14. The standard InChI is InChI=1S/C13H9ClO3/c1-2-7-17-13-10(14)11(15)8-5-3-4-6-9(8)12(13)16/h2-6H,1,7H2. The van der Waals surface area contributed by atoms with Crippen LogP contribution in [0.15, 0.2) is 47.7 Å². The molecule has 1 aliphatic rings. The van der Waals surface area contributed by atoms with Crippen molar-refractivity contribution < 1.29 is 14.3 Å². The summed E-state index contributed by atoms with van der Waals surface area (Å²) in [6.07, 6.45) is 1.48. The Kier molecular flexibility index (Phi) is 3.11. The molecule has 0 atom stereocenters.